The molecule has 3 N–H and O–H groups in total. The van der Waals surface area contributed by atoms with E-state index in [2.05, 4.69) is 17.4 Å². The van der Waals surface area contributed by atoms with Gasteiger partial charge in [-0.2, -0.15) is 0 Å². The van der Waals surface area contributed by atoms with Gasteiger partial charge in [-0.3, -0.25) is 4.79 Å². The minimum Gasteiger partial charge on any atom is -0.345 e. The number of carbonyl (C=O) groups is 1. The Bertz CT molecular complexity index is 361. The van der Waals surface area contributed by atoms with E-state index in [0.717, 1.165) is 12.8 Å². The molecule has 0 bridgehead atoms. The number of hydrogen-bond acceptors (Lipinski definition) is 2. The van der Waals surface area contributed by atoms with Crippen LogP contribution in [-0.4, -0.2) is 12.5 Å². The summed E-state index contributed by atoms with van der Waals surface area (Å²) >= 11 is 0. The van der Waals surface area contributed by atoms with E-state index in [1.54, 1.807) is 0 Å². The number of amides is 1. The van der Waals surface area contributed by atoms with Crippen LogP contribution in [0.4, 0.5) is 0 Å². The maximum Gasteiger partial charge on any atom is 0.234 e. The van der Waals surface area contributed by atoms with Crippen LogP contribution in [0, 0.1) is 0 Å². The lowest BCUT2D eigenvalue weighted by molar-refractivity contribution is -0.121. The van der Waals surface area contributed by atoms with Crippen molar-refractivity contribution in [1.82, 2.24) is 5.32 Å². The number of benzene rings is 1. The predicted molar refractivity (Wildman–Crippen MR) is 71.0 cm³/mol. The molecule has 0 spiro atoms. The number of hydrogen-bond donors (Lipinski definition) is 2. The van der Waals surface area contributed by atoms with Crippen molar-refractivity contribution in [3.05, 3.63) is 35.9 Å². The van der Waals surface area contributed by atoms with Crippen molar-refractivity contribution in [3.63, 3.8) is 0 Å². The number of halogens is 1. The van der Waals surface area contributed by atoms with Crippen LogP contribution in [0.2, 0.25) is 0 Å². The van der Waals surface area contributed by atoms with Crippen LogP contribution in [-0.2, 0) is 10.3 Å². The summed E-state index contributed by atoms with van der Waals surface area (Å²) in [5.74, 6) is -0.0641. The molecule has 1 aliphatic carbocycles. The maximum absolute atomic E-state index is 11.5. The lowest BCUT2D eigenvalue weighted by atomic mass is 9.88. The molecule has 0 heterocycles. The summed E-state index contributed by atoms with van der Waals surface area (Å²) in [6.07, 6.45) is 4.37. The average molecular weight is 255 g/mol. The largest absolute Gasteiger partial charge is 0.345 e. The zero-order chi connectivity index (χ0) is 11.4. The van der Waals surface area contributed by atoms with Crippen molar-refractivity contribution in [2.45, 2.75) is 31.2 Å². The van der Waals surface area contributed by atoms with E-state index in [0.29, 0.717) is 0 Å². The van der Waals surface area contributed by atoms with Gasteiger partial charge in [-0.05, 0) is 18.4 Å². The van der Waals surface area contributed by atoms with E-state index >= 15 is 0 Å². The summed E-state index contributed by atoms with van der Waals surface area (Å²) in [7, 11) is 0. The number of carbonyl (C=O) groups excluding carboxylic acids is 1. The third-order valence-electron chi connectivity index (χ3n) is 3.35. The summed E-state index contributed by atoms with van der Waals surface area (Å²) < 4.78 is 0. The van der Waals surface area contributed by atoms with E-state index in [1.165, 1.54) is 18.4 Å². The summed E-state index contributed by atoms with van der Waals surface area (Å²) in [5, 5.41) is 3.09. The number of rotatable bonds is 3. The van der Waals surface area contributed by atoms with Crippen molar-refractivity contribution in [3.8, 4) is 0 Å². The Kier molecular flexibility index (Phi) is 4.97. The topological polar surface area (TPSA) is 55.1 Å². The molecule has 0 unspecified atom stereocenters. The first-order valence-corrected chi connectivity index (χ1v) is 5.83. The molecular formula is C13H19ClN2O. The van der Waals surface area contributed by atoms with Crippen molar-refractivity contribution in [1.29, 1.82) is 0 Å². The molecule has 4 heteroatoms. The molecule has 94 valence electrons. The summed E-state index contributed by atoms with van der Waals surface area (Å²) in [5.41, 5.74) is 6.41. The normalized spacial score (nSPS) is 17.2. The molecule has 17 heavy (non-hydrogen) atoms. The molecule has 2 rings (SSSR count). The van der Waals surface area contributed by atoms with Gasteiger partial charge in [-0.15, -0.1) is 12.4 Å². The van der Waals surface area contributed by atoms with E-state index in [-0.39, 0.29) is 30.4 Å². The fraction of sp³-hybridized carbons (Fsp3) is 0.462. The first-order chi connectivity index (χ1) is 7.77. The van der Waals surface area contributed by atoms with Gasteiger partial charge < -0.3 is 11.1 Å². The van der Waals surface area contributed by atoms with Crippen LogP contribution < -0.4 is 11.1 Å². The Morgan fingerprint density at radius 1 is 1.24 bits per heavy atom. The molecule has 0 saturated heterocycles. The summed E-state index contributed by atoms with van der Waals surface area (Å²) in [4.78, 5) is 11.5. The molecule has 1 aliphatic rings. The minimum atomic E-state index is -0.169. The summed E-state index contributed by atoms with van der Waals surface area (Å²) in [6.45, 7) is 0.0641. The van der Waals surface area contributed by atoms with Crippen LogP contribution in [0.15, 0.2) is 30.3 Å². The molecule has 1 saturated carbocycles. The Labute approximate surface area is 108 Å². The molecule has 1 aromatic rings. The highest BCUT2D eigenvalue weighted by Crippen LogP contribution is 2.38. The lowest BCUT2D eigenvalue weighted by Gasteiger charge is -2.30. The van der Waals surface area contributed by atoms with E-state index in [4.69, 9.17) is 5.73 Å². The Balaban J connectivity index is 0.00000144. The zero-order valence-electron chi connectivity index (χ0n) is 9.82. The van der Waals surface area contributed by atoms with E-state index < -0.39 is 0 Å². The second-order valence-corrected chi connectivity index (χ2v) is 4.41. The van der Waals surface area contributed by atoms with Gasteiger partial charge in [-0.25, -0.2) is 0 Å². The van der Waals surface area contributed by atoms with Crippen molar-refractivity contribution in [2.24, 2.45) is 5.73 Å². The van der Waals surface area contributed by atoms with Gasteiger partial charge in [0.1, 0.15) is 0 Å². The Morgan fingerprint density at radius 2 is 1.82 bits per heavy atom. The molecule has 3 nitrogen and oxygen atoms in total. The smallest absolute Gasteiger partial charge is 0.234 e. The van der Waals surface area contributed by atoms with Gasteiger partial charge >= 0.3 is 0 Å². The standard InChI is InChI=1S/C13H18N2O.ClH/c14-10-12(16)15-13(8-4-5-9-13)11-6-2-1-3-7-11;/h1-3,6-7H,4-5,8-10,14H2,(H,15,16);1H. The molecule has 0 aliphatic heterocycles. The van der Waals surface area contributed by atoms with Gasteiger partial charge in [-0.1, -0.05) is 43.2 Å². The Morgan fingerprint density at radius 3 is 2.35 bits per heavy atom. The summed E-state index contributed by atoms with van der Waals surface area (Å²) in [6, 6.07) is 10.2. The molecular weight excluding hydrogens is 236 g/mol. The quantitative estimate of drug-likeness (QED) is 0.866. The molecule has 0 aromatic heterocycles. The van der Waals surface area contributed by atoms with Gasteiger partial charge in [0.2, 0.25) is 5.91 Å². The van der Waals surface area contributed by atoms with Gasteiger partial charge in [0, 0.05) is 0 Å². The second-order valence-electron chi connectivity index (χ2n) is 4.41. The van der Waals surface area contributed by atoms with Crippen molar-refractivity contribution >= 4 is 18.3 Å². The first-order valence-electron chi connectivity index (χ1n) is 5.83. The highest BCUT2D eigenvalue weighted by atomic mass is 35.5. The molecule has 0 atom stereocenters. The third-order valence-corrected chi connectivity index (χ3v) is 3.35. The lowest BCUT2D eigenvalue weighted by Crippen LogP contribution is -2.46. The second kappa shape index (κ2) is 6.03. The fourth-order valence-electron chi connectivity index (χ4n) is 2.54. The van der Waals surface area contributed by atoms with E-state index in [9.17, 15) is 4.79 Å². The van der Waals surface area contributed by atoms with Crippen LogP contribution in [0.25, 0.3) is 0 Å². The monoisotopic (exact) mass is 254 g/mol. The molecule has 1 aromatic carbocycles. The SMILES string of the molecule is Cl.NCC(=O)NC1(c2ccccc2)CCCC1. The Hall–Kier alpha value is -1.06. The van der Waals surface area contributed by atoms with Crippen LogP contribution >= 0.6 is 12.4 Å². The van der Waals surface area contributed by atoms with Crippen LogP contribution in [0.5, 0.6) is 0 Å². The highest BCUT2D eigenvalue weighted by Gasteiger charge is 2.36. The molecule has 0 radical (unpaired) electrons. The first kappa shape index (κ1) is 14.0. The molecule has 1 fully saturated rings. The third kappa shape index (κ3) is 2.99. The molecule has 1 amide bonds. The van der Waals surface area contributed by atoms with Gasteiger partial charge in [0.15, 0.2) is 0 Å². The fourth-order valence-corrected chi connectivity index (χ4v) is 2.54. The number of nitrogens with one attached hydrogen (secondary N) is 1. The van der Waals surface area contributed by atoms with Gasteiger partial charge in [0.25, 0.3) is 0 Å². The van der Waals surface area contributed by atoms with Crippen LogP contribution in [0.3, 0.4) is 0 Å². The number of nitrogens with two attached hydrogens (primary N) is 1. The highest BCUT2D eigenvalue weighted by molar-refractivity contribution is 5.85. The van der Waals surface area contributed by atoms with E-state index in [1.807, 2.05) is 18.2 Å². The van der Waals surface area contributed by atoms with Crippen molar-refractivity contribution < 1.29 is 4.79 Å². The average Bonchev–Trinajstić information content (AvgIpc) is 2.80. The van der Waals surface area contributed by atoms with Crippen LogP contribution in [0.1, 0.15) is 31.2 Å². The maximum atomic E-state index is 11.5. The minimum absolute atomic E-state index is 0. The zero-order valence-corrected chi connectivity index (χ0v) is 10.6. The van der Waals surface area contributed by atoms with Gasteiger partial charge in [0.05, 0.1) is 12.1 Å². The van der Waals surface area contributed by atoms with Crippen molar-refractivity contribution in [2.75, 3.05) is 6.54 Å². The predicted octanol–water partition coefficient (Wildman–Crippen LogP) is 1.95.